The van der Waals surface area contributed by atoms with Crippen LogP contribution in [0.25, 0.3) is 0 Å². The quantitative estimate of drug-likeness (QED) is 0.607. The first-order chi connectivity index (χ1) is 13.7. The van der Waals surface area contributed by atoms with E-state index in [1.54, 1.807) is 31.2 Å². The molecule has 0 aliphatic carbocycles. The second kappa shape index (κ2) is 8.22. The number of nitrogens with one attached hydrogen (secondary N) is 2. The third-order valence-electron chi connectivity index (χ3n) is 4.53. The molecule has 0 spiro atoms. The van der Waals surface area contributed by atoms with Crippen LogP contribution in [-0.2, 0) is 0 Å². The summed E-state index contributed by atoms with van der Waals surface area (Å²) < 4.78 is 0. The number of anilines is 3. The summed E-state index contributed by atoms with van der Waals surface area (Å²) in [5, 5.41) is 6.11. The maximum atomic E-state index is 12.8. The first-order valence-corrected chi connectivity index (χ1v) is 9.36. The van der Waals surface area contributed by atoms with Gasteiger partial charge in [-0.2, -0.15) is 0 Å². The Hall–Kier alpha value is -3.54. The molecule has 2 N–H and O–H groups in total. The van der Waals surface area contributed by atoms with Gasteiger partial charge in [-0.15, -0.1) is 0 Å². The molecule has 29 heavy (non-hydrogen) atoms. The molecule has 0 atom stereocenters. The van der Waals surface area contributed by atoms with Crippen LogP contribution in [0.4, 0.5) is 17.2 Å². The number of carbonyl (C=O) groups excluding carboxylic acids is 2. The summed E-state index contributed by atoms with van der Waals surface area (Å²) in [6.07, 6.45) is 0. The lowest BCUT2D eigenvalue weighted by Crippen LogP contribution is -2.17. The van der Waals surface area contributed by atoms with Crippen LogP contribution in [0.2, 0.25) is 0 Å². The third-order valence-corrected chi connectivity index (χ3v) is 4.53. The van der Waals surface area contributed by atoms with Crippen LogP contribution in [0.5, 0.6) is 0 Å². The van der Waals surface area contributed by atoms with Crippen LogP contribution in [0, 0.1) is 27.7 Å². The van der Waals surface area contributed by atoms with E-state index in [2.05, 4.69) is 20.6 Å². The SMILES string of the molecule is CC(=O)c1cccc(Nc2cc(C(=O)Nc3c(C)cc(C)cc3C)nc(C)n2)c1. The van der Waals surface area contributed by atoms with Crippen molar-refractivity contribution in [2.45, 2.75) is 34.6 Å². The lowest BCUT2D eigenvalue weighted by atomic mass is 10.0. The maximum Gasteiger partial charge on any atom is 0.274 e. The second-order valence-electron chi connectivity index (χ2n) is 7.18. The van der Waals surface area contributed by atoms with Gasteiger partial charge in [0.1, 0.15) is 17.3 Å². The van der Waals surface area contributed by atoms with E-state index in [0.29, 0.717) is 22.9 Å². The molecule has 0 radical (unpaired) electrons. The van der Waals surface area contributed by atoms with E-state index in [1.807, 2.05) is 39.0 Å². The summed E-state index contributed by atoms with van der Waals surface area (Å²) in [5.74, 6) is 0.642. The molecule has 2 aromatic carbocycles. The van der Waals surface area contributed by atoms with Gasteiger partial charge >= 0.3 is 0 Å². The van der Waals surface area contributed by atoms with E-state index >= 15 is 0 Å². The Morgan fingerprint density at radius 3 is 2.24 bits per heavy atom. The Labute approximate surface area is 170 Å². The molecular weight excluding hydrogens is 364 g/mol. The minimum absolute atomic E-state index is 0.0172. The van der Waals surface area contributed by atoms with Gasteiger partial charge in [0.15, 0.2) is 5.78 Å². The summed E-state index contributed by atoms with van der Waals surface area (Å²) >= 11 is 0. The molecule has 0 unspecified atom stereocenters. The highest BCUT2D eigenvalue weighted by Gasteiger charge is 2.14. The van der Waals surface area contributed by atoms with Gasteiger partial charge in [0.05, 0.1) is 0 Å². The van der Waals surface area contributed by atoms with Crippen LogP contribution in [0.1, 0.15) is 50.3 Å². The summed E-state index contributed by atoms with van der Waals surface area (Å²) in [6, 6.07) is 12.8. The number of hydrogen-bond acceptors (Lipinski definition) is 5. The number of nitrogens with zero attached hydrogens (tertiary/aromatic N) is 2. The van der Waals surface area contributed by atoms with Crippen LogP contribution in [0.3, 0.4) is 0 Å². The number of ketones is 1. The minimum atomic E-state index is -0.300. The van der Waals surface area contributed by atoms with Crippen LogP contribution in [-0.4, -0.2) is 21.7 Å². The molecule has 1 aromatic heterocycles. The predicted octanol–water partition coefficient (Wildman–Crippen LogP) is 4.91. The highest BCUT2D eigenvalue weighted by Crippen LogP contribution is 2.23. The van der Waals surface area contributed by atoms with Gasteiger partial charge < -0.3 is 10.6 Å². The Morgan fingerprint density at radius 1 is 0.897 bits per heavy atom. The van der Waals surface area contributed by atoms with Crippen molar-refractivity contribution in [3.8, 4) is 0 Å². The van der Waals surface area contributed by atoms with Gasteiger partial charge in [-0.25, -0.2) is 9.97 Å². The van der Waals surface area contributed by atoms with E-state index in [4.69, 9.17) is 0 Å². The monoisotopic (exact) mass is 388 g/mol. The number of benzene rings is 2. The lowest BCUT2D eigenvalue weighted by molar-refractivity contribution is 0.101. The fourth-order valence-corrected chi connectivity index (χ4v) is 3.27. The van der Waals surface area contributed by atoms with Crippen LogP contribution in [0.15, 0.2) is 42.5 Å². The molecule has 0 saturated heterocycles. The Balaban J connectivity index is 1.86. The molecule has 0 aliphatic heterocycles. The number of hydrogen-bond donors (Lipinski definition) is 2. The Kier molecular flexibility index (Phi) is 5.73. The largest absolute Gasteiger partial charge is 0.340 e. The molecule has 1 heterocycles. The van der Waals surface area contributed by atoms with Gasteiger partial charge in [0.2, 0.25) is 0 Å². The molecule has 3 aromatic rings. The Morgan fingerprint density at radius 2 is 1.59 bits per heavy atom. The van der Waals surface area contributed by atoms with Gasteiger partial charge in [-0.3, -0.25) is 9.59 Å². The molecule has 6 heteroatoms. The van der Waals surface area contributed by atoms with Gasteiger partial charge in [-0.1, -0.05) is 29.8 Å². The molecule has 148 valence electrons. The van der Waals surface area contributed by atoms with E-state index in [-0.39, 0.29) is 17.4 Å². The zero-order chi connectivity index (χ0) is 21.1. The van der Waals surface area contributed by atoms with Crippen molar-refractivity contribution in [3.05, 3.63) is 76.2 Å². The summed E-state index contributed by atoms with van der Waals surface area (Å²) in [5.41, 5.74) is 5.52. The molecule has 0 bridgehead atoms. The highest BCUT2D eigenvalue weighted by atomic mass is 16.2. The lowest BCUT2D eigenvalue weighted by Gasteiger charge is -2.13. The molecule has 6 nitrogen and oxygen atoms in total. The van der Waals surface area contributed by atoms with Crippen molar-refractivity contribution in [3.63, 3.8) is 0 Å². The first kappa shape index (κ1) is 20.2. The normalized spacial score (nSPS) is 10.5. The number of rotatable bonds is 5. The van der Waals surface area contributed by atoms with Gasteiger partial charge in [-0.05, 0) is 57.9 Å². The zero-order valence-electron chi connectivity index (χ0n) is 17.3. The predicted molar refractivity (Wildman–Crippen MR) is 115 cm³/mol. The van der Waals surface area contributed by atoms with Crippen molar-refractivity contribution in [1.29, 1.82) is 0 Å². The summed E-state index contributed by atoms with van der Waals surface area (Å²) in [4.78, 5) is 33.1. The van der Waals surface area contributed by atoms with E-state index in [0.717, 1.165) is 22.4 Å². The number of carbonyl (C=O) groups is 2. The second-order valence-corrected chi connectivity index (χ2v) is 7.18. The first-order valence-electron chi connectivity index (χ1n) is 9.36. The van der Waals surface area contributed by atoms with Crippen LogP contribution < -0.4 is 10.6 Å². The van der Waals surface area contributed by atoms with Gasteiger partial charge in [0, 0.05) is 23.0 Å². The fraction of sp³-hybridized carbons (Fsp3) is 0.217. The minimum Gasteiger partial charge on any atom is -0.340 e. The van der Waals surface area contributed by atoms with Crippen molar-refractivity contribution in [2.75, 3.05) is 10.6 Å². The smallest absolute Gasteiger partial charge is 0.274 e. The molecule has 0 aliphatic rings. The zero-order valence-corrected chi connectivity index (χ0v) is 17.3. The molecule has 3 rings (SSSR count). The summed E-state index contributed by atoms with van der Waals surface area (Å²) in [7, 11) is 0. The fourth-order valence-electron chi connectivity index (χ4n) is 3.27. The molecular formula is C23H24N4O2. The van der Waals surface area contributed by atoms with E-state index in [1.165, 1.54) is 6.92 Å². The number of aryl methyl sites for hydroxylation is 4. The van der Waals surface area contributed by atoms with Crippen molar-refractivity contribution in [1.82, 2.24) is 9.97 Å². The average Bonchev–Trinajstić information content (AvgIpc) is 2.64. The van der Waals surface area contributed by atoms with Gasteiger partial charge in [0.25, 0.3) is 5.91 Å². The van der Waals surface area contributed by atoms with Crippen molar-refractivity contribution in [2.24, 2.45) is 0 Å². The van der Waals surface area contributed by atoms with Crippen LogP contribution >= 0.6 is 0 Å². The highest BCUT2D eigenvalue weighted by molar-refractivity contribution is 6.04. The Bertz CT molecular complexity index is 1080. The standard InChI is InChI=1S/C23H24N4O2/c1-13-9-14(2)22(15(3)10-13)27-23(29)20-12-21(25-17(5)24-20)26-19-8-6-7-18(11-19)16(4)28/h6-12H,1-5H3,(H,27,29)(H,24,25,26). The number of aromatic nitrogens is 2. The summed E-state index contributed by atoms with van der Waals surface area (Å²) in [6.45, 7) is 9.21. The van der Waals surface area contributed by atoms with E-state index < -0.39 is 0 Å². The molecule has 0 fully saturated rings. The molecule has 0 saturated carbocycles. The van der Waals surface area contributed by atoms with Crippen molar-refractivity contribution < 1.29 is 9.59 Å². The third kappa shape index (κ3) is 4.85. The molecule has 1 amide bonds. The van der Waals surface area contributed by atoms with E-state index in [9.17, 15) is 9.59 Å². The number of amides is 1. The average molecular weight is 388 g/mol. The van der Waals surface area contributed by atoms with Crippen molar-refractivity contribution >= 4 is 28.9 Å². The number of Topliss-reactive ketones (excluding diaryl/α,β-unsaturated/α-hetero) is 1. The topological polar surface area (TPSA) is 84.0 Å². The maximum absolute atomic E-state index is 12.8.